The SMILES string of the molecule is Cc1cnc(Nc2ccc(C(=O)N3CCCN(C)CC3)cc2)nc1N[C@H]1C2CC3CC1C[C@@](O)(C3)C2. The van der Waals surface area contributed by atoms with Gasteiger partial charge in [-0.15, -0.1) is 0 Å². The van der Waals surface area contributed by atoms with Crippen molar-refractivity contribution in [1.82, 2.24) is 19.8 Å². The zero-order chi connectivity index (χ0) is 24.9. The number of likely N-dealkylation sites (N-methyl/N-ethyl adjacent to an activating group) is 1. The fraction of sp³-hybridized carbons (Fsp3) is 0.607. The Kier molecular flexibility index (Phi) is 6.12. The number of aryl methyl sites for hydroxylation is 1. The monoisotopic (exact) mass is 490 g/mol. The topological polar surface area (TPSA) is 93.6 Å². The Balaban J connectivity index is 1.12. The minimum atomic E-state index is -0.431. The maximum atomic E-state index is 13.0. The highest BCUT2D eigenvalue weighted by molar-refractivity contribution is 5.94. The van der Waals surface area contributed by atoms with Gasteiger partial charge in [-0.05, 0) is 101 Å². The fourth-order valence-electron chi connectivity index (χ4n) is 7.28. The van der Waals surface area contributed by atoms with Crippen LogP contribution in [0.3, 0.4) is 0 Å². The van der Waals surface area contributed by atoms with Crippen LogP contribution in [-0.4, -0.2) is 75.7 Å². The molecule has 2 aromatic rings. The van der Waals surface area contributed by atoms with Gasteiger partial charge in [0.2, 0.25) is 5.95 Å². The summed E-state index contributed by atoms with van der Waals surface area (Å²) in [5.41, 5.74) is 2.16. The molecule has 5 aliphatic rings. The molecule has 1 aromatic carbocycles. The number of carbonyl (C=O) groups is 1. The van der Waals surface area contributed by atoms with Crippen LogP contribution in [0.15, 0.2) is 30.5 Å². The molecule has 1 saturated heterocycles. The van der Waals surface area contributed by atoms with Crippen molar-refractivity contribution in [1.29, 1.82) is 0 Å². The predicted molar refractivity (Wildman–Crippen MR) is 140 cm³/mol. The van der Waals surface area contributed by atoms with E-state index in [1.165, 1.54) is 12.8 Å². The molecule has 8 nitrogen and oxygen atoms in total. The Labute approximate surface area is 213 Å². The van der Waals surface area contributed by atoms with Gasteiger partial charge in [0.15, 0.2) is 0 Å². The lowest BCUT2D eigenvalue weighted by Crippen LogP contribution is -2.59. The first-order valence-electron chi connectivity index (χ1n) is 13.5. The lowest BCUT2D eigenvalue weighted by Gasteiger charge is -2.58. The first-order chi connectivity index (χ1) is 17.3. The van der Waals surface area contributed by atoms with Gasteiger partial charge in [0.1, 0.15) is 5.82 Å². The summed E-state index contributed by atoms with van der Waals surface area (Å²) in [6.07, 6.45) is 8.10. The van der Waals surface area contributed by atoms with Crippen molar-refractivity contribution in [3.05, 3.63) is 41.6 Å². The van der Waals surface area contributed by atoms with Crippen LogP contribution in [0.2, 0.25) is 0 Å². The van der Waals surface area contributed by atoms with Crippen LogP contribution in [0.5, 0.6) is 0 Å². The second-order valence-electron chi connectivity index (χ2n) is 11.7. The third-order valence-electron chi connectivity index (χ3n) is 8.91. The van der Waals surface area contributed by atoms with Crippen molar-refractivity contribution in [3.63, 3.8) is 0 Å². The van der Waals surface area contributed by atoms with Crippen LogP contribution in [0.4, 0.5) is 17.5 Å². The van der Waals surface area contributed by atoms with Crippen molar-refractivity contribution < 1.29 is 9.90 Å². The molecule has 4 saturated carbocycles. The minimum absolute atomic E-state index is 0.0928. The largest absolute Gasteiger partial charge is 0.390 e. The van der Waals surface area contributed by atoms with Crippen LogP contribution in [0.1, 0.15) is 54.4 Å². The first kappa shape index (κ1) is 23.7. The fourth-order valence-corrected chi connectivity index (χ4v) is 7.28. The van der Waals surface area contributed by atoms with E-state index in [0.29, 0.717) is 35.3 Å². The summed E-state index contributed by atoms with van der Waals surface area (Å²) in [5, 5.41) is 18.0. The minimum Gasteiger partial charge on any atom is -0.390 e. The van der Waals surface area contributed by atoms with Crippen molar-refractivity contribution in [2.75, 3.05) is 43.9 Å². The lowest BCUT2D eigenvalue weighted by atomic mass is 9.52. The maximum Gasteiger partial charge on any atom is 0.253 e. The molecule has 1 aliphatic heterocycles. The first-order valence-corrected chi connectivity index (χ1v) is 13.5. The summed E-state index contributed by atoms with van der Waals surface area (Å²) in [4.78, 5) is 26.5. The molecular formula is C28H38N6O2. The Morgan fingerprint density at radius 2 is 1.81 bits per heavy atom. The molecule has 5 fully saturated rings. The third-order valence-corrected chi connectivity index (χ3v) is 8.91. The summed E-state index contributed by atoms with van der Waals surface area (Å²) >= 11 is 0. The van der Waals surface area contributed by atoms with Crippen molar-refractivity contribution in [2.24, 2.45) is 17.8 Å². The van der Waals surface area contributed by atoms with E-state index in [-0.39, 0.29) is 5.91 Å². The maximum absolute atomic E-state index is 13.0. The second-order valence-corrected chi connectivity index (χ2v) is 11.7. The van der Waals surface area contributed by atoms with E-state index in [9.17, 15) is 9.90 Å². The molecule has 2 atom stereocenters. The number of nitrogens with one attached hydrogen (secondary N) is 2. The average Bonchev–Trinajstić information content (AvgIpc) is 3.06. The van der Waals surface area contributed by atoms with E-state index in [1.807, 2.05) is 42.3 Å². The predicted octanol–water partition coefficient (Wildman–Crippen LogP) is 3.66. The number of nitrogens with zero attached hydrogens (tertiary/aromatic N) is 4. The van der Waals surface area contributed by atoms with Gasteiger partial charge in [-0.25, -0.2) is 4.98 Å². The zero-order valence-corrected chi connectivity index (χ0v) is 21.4. The Bertz CT molecular complexity index is 1110. The Morgan fingerprint density at radius 3 is 2.53 bits per heavy atom. The van der Waals surface area contributed by atoms with E-state index >= 15 is 0 Å². The summed E-state index contributed by atoms with van der Waals surface area (Å²) in [7, 11) is 2.11. The van der Waals surface area contributed by atoms with Crippen molar-refractivity contribution in [2.45, 2.75) is 57.1 Å². The van der Waals surface area contributed by atoms with Gasteiger partial charge in [0, 0.05) is 48.7 Å². The van der Waals surface area contributed by atoms with Gasteiger partial charge >= 0.3 is 0 Å². The number of rotatable bonds is 5. The number of carbonyl (C=O) groups excluding carboxylic acids is 1. The summed E-state index contributed by atoms with van der Waals surface area (Å²) in [6.45, 7) is 5.56. The van der Waals surface area contributed by atoms with E-state index in [4.69, 9.17) is 4.98 Å². The van der Waals surface area contributed by atoms with Gasteiger partial charge in [-0.1, -0.05) is 0 Å². The zero-order valence-electron chi connectivity index (χ0n) is 21.4. The molecule has 4 bridgehead atoms. The smallest absolute Gasteiger partial charge is 0.253 e. The van der Waals surface area contributed by atoms with E-state index in [2.05, 4.69) is 27.6 Å². The molecule has 8 heteroatoms. The molecule has 36 heavy (non-hydrogen) atoms. The summed E-state index contributed by atoms with van der Waals surface area (Å²) in [6, 6.07) is 7.97. The van der Waals surface area contributed by atoms with Gasteiger partial charge < -0.3 is 25.5 Å². The van der Waals surface area contributed by atoms with E-state index in [1.54, 1.807) is 0 Å². The number of benzene rings is 1. The van der Waals surface area contributed by atoms with Gasteiger partial charge in [-0.3, -0.25) is 4.79 Å². The Hall–Kier alpha value is -2.71. The van der Waals surface area contributed by atoms with Gasteiger partial charge in [-0.2, -0.15) is 4.98 Å². The van der Waals surface area contributed by atoms with Gasteiger partial charge in [0.05, 0.1) is 5.60 Å². The summed E-state index contributed by atoms with van der Waals surface area (Å²) < 4.78 is 0. The lowest BCUT2D eigenvalue weighted by molar-refractivity contribution is -0.129. The van der Waals surface area contributed by atoms with Gasteiger partial charge in [0.25, 0.3) is 5.91 Å². The van der Waals surface area contributed by atoms with Crippen LogP contribution in [-0.2, 0) is 0 Å². The van der Waals surface area contributed by atoms with E-state index in [0.717, 1.165) is 68.9 Å². The van der Waals surface area contributed by atoms with Crippen LogP contribution >= 0.6 is 0 Å². The number of aromatic nitrogens is 2. The standard InChI is InChI=1S/C28H38N6O2/c1-18-17-29-27(32-25(18)31-24-21-12-19-13-22(24)16-28(36,14-19)15-21)30-23-6-4-20(5-7-23)26(35)34-9-3-8-33(2)10-11-34/h4-7,17,19,21-22,24,36H,3,8-16H2,1-2H3,(H2,29,30,31,32)/t19?,21?,22?,24-,28+. The number of hydrogen-bond acceptors (Lipinski definition) is 7. The number of aliphatic hydroxyl groups is 1. The molecule has 0 radical (unpaired) electrons. The second kappa shape index (κ2) is 9.30. The molecule has 192 valence electrons. The molecule has 1 amide bonds. The summed E-state index contributed by atoms with van der Waals surface area (Å²) in [5.74, 6) is 3.22. The van der Waals surface area contributed by atoms with Crippen molar-refractivity contribution in [3.8, 4) is 0 Å². The number of hydrogen-bond donors (Lipinski definition) is 3. The van der Waals surface area contributed by atoms with Crippen molar-refractivity contribution >= 4 is 23.4 Å². The third kappa shape index (κ3) is 4.68. The van der Waals surface area contributed by atoms with Crippen LogP contribution in [0.25, 0.3) is 0 Å². The molecular weight excluding hydrogens is 452 g/mol. The molecule has 2 unspecified atom stereocenters. The average molecular weight is 491 g/mol. The highest BCUT2D eigenvalue weighted by atomic mass is 16.3. The van der Waals surface area contributed by atoms with E-state index < -0.39 is 5.60 Å². The highest BCUT2D eigenvalue weighted by Gasteiger charge is 2.54. The number of anilines is 3. The molecule has 3 N–H and O–H groups in total. The molecule has 2 heterocycles. The van der Waals surface area contributed by atoms with Crippen LogP contribution in [0, 0.1) is 24.7 Å². The quantitative estimate of drug-likeness (QED) is 0.589. The molecule has 1 aromatic heterocycles. The van der Waals surface area contributed by atoms with Crippen LogP contribution < -0.4 is 10.6 Å². The highest BCUT2D eigenvalue weighted by Crippen LogP contribution is 2.56. The molecule has 0 spiro atoms. The molecule has 4 aliphatic carbocycles. The Morgan fingerprint density at radius 1 is 1.06 bits per heavy atom. The molecule has 7 rings (SSSR count). The number of amides is 1. The normalized spacial score (nSPS) is 31.8.